The van der Waals surface area contributed by atoms with E-state index in [-0.39, 0.29) is 39.7 Å². The molecule has 2 saturated heterocycles. The van der Waals surface area contributed by atoms with Gasteiger partial charge in [-0.2, -0.15) is 0 Å². The summed E-state index contributed by atoms with van der Waals surface area (Å²) in [5.74, 6) is -0.823. The highest BCUT2D eigenvalue weighted by molar-refractivity contribution is 7.22. The van der Waals surface area contributed by atoms with Gasteiger partial charge in [0.1, 0.15) is 12.2 Å². The number of piperazine rings is 2. The summed E-state index contributed by atoms with van der Waals surface area (Å²) < 4.78 is 2.97. The number of rotatable bonds is 9. The van der Waals surface area contributed by atoms with Gasteiger partial charge in [0.05, 0.1) is 27.3 Å². The Balaban J connectivity index is 0.986. The molecule has 14 nitrogen and oxygen atoms in total. The molecule has 0 amide bonds. The van der Waals surface area contributed by atoms with Crippen molar-refractivity contribution in [2.45, 2.75) is 19.9 Å². The Hall–Kier alpha value is -4.47. The Morgan fingerprint density at radius 1 is 1.02 bits per heavy atom. The minimum atomic E-state index is -0.548. The number of fused-ring (bicyclic) bond motifs is 3. The number of carbonyl (C=O) groups is 2. The Morgan fingerprint density at radius 3 is 2.52 bits per heavy atom. The lowest BCUT2D eigenvalue weighted by Crippen LogP contribution is -2.50. The van der Waals surface area contributed by atoms with Crippen molar-refractivity contribution in [3.8, 4) is 0 Å². The maximum Gasteiger partial charge on any atom is 0.300 e. The maximum atomic E-state index is 13.7. The smallest absolute Gasteiger partial charge is 0.300 e. The van der Waals surface area contributed by atoms with Crippen molar-refractivity contribution in [3.05, 3.63) is 63.0 Å². The molecule has 0 unspecified atom stereocenters. The van der Waals surface area contributed by atoms with Crippen molar-refractivity contribution in [2.24, 2.45) is 7.05 Å². The predicted octanol–water partition coefficient (Wildman–Crippen LogP) is 2.05. The van der Waals surface area contributed by atoms with E-state index in [2.05, 4.69) is 48.6 Å². The van der Waals surface area contributed by atoms with Gasteiger partial charge in [0.15, 0.2) is 5.13 Å². The average molecular weight is 646 g/mol. The van der Waals surface area contributed by atoms with Crippen LogP contribution in [0.4, 0.5) is 22.2 Å². The first-order valence-corrected chi connectivity index (χ1v) is 16.6. The van der Waals surface area contributed by atoms with Crippen LogP contribution in [0.3, 0.4) is 0 Å². The maximum absolute atomic E-state index is 13.7. The van der Waals surface area contributed by atoms with Gasteiger partial charge < -0.3 is 20.4 Å². The second-order valence-electron chi connectivity index (χ2n) is 11.8. The van der Waals surface area contributed by atoms with E-state index < -0.39 is 10.7 Å². The third-order valence-electron chi connectivity index (χ3n) is 9.03. The third-order valence-corrected chi connectivity index (χ3v) is 10.1. The van der Waals surface area contributed by atoms with Crippen LogP contribution < -0.4 is 25.1 Å². The SMILES string of the molecule is CCNc1cc2c(cc1[N+](=O)[O-])C(=O)c1nn(C)[n+](CCCN3CCN(c4ccc5nc(N6CCNCC6)sc5c4)CC3)c1C2=O. The van der Waals surface area contributed by atoms with Crippen LogP contribution in [-0.4, -0.2) is 102 Å². The first kappa shape index (κ1) is 30.2. The molecular formula is C31H37N10O4S+. The molecule has 4 heterocycles. The summed E-state index contributed by atoms with van der Waals surface area (Å²) >= 11 is 1.77. The van der Waals surface area contributed by atoms with Crippen LogP contribution in [0.1, 0.15) is 45.4 Å². The molecule has 15 heteroatoms. The zero-order chi connectivity index (χ0) is 31.9. The van der Waals surface area contributed by atoms with Gasteiger partial charge in [0.25, 0.3) is 11.4 Å². The number of hydrogen-bond donors (Lipinski definition) is 2. The van der Waals surface area contributed by atoms with E-state index in [0.29, 0.717) is 13.1 Å². The van der Waals surface area contributed by atoms with Crippen LogP contribution in [0.2, 0.25) is 0 Å². The van der Waals surface area contributed by atoms with Crippen molar-refractivity contribution in [1.82, 2.24) is 25.1 Å². The van der Waals surface area contributed by atoms with E-state index in [1.54, 1.807) is 23.1 Å². The van der Waals surface area contributed by atoms with Gasteiger partial charge in [-0.25, -0.2) is 4.98 Å². The largest absolute Gasteiger partial charge is 0.380 e. The number of thiazole rings is 1. The van der Waals surface area contributed by atoms with Crippen molar-refractivity contribution in [2.75, 3.05) is 80.6 Å². The van der Waals surface area contributed by atoms with Gasteiger partial charge in [-0.3, -0.25) is 24.6 Å². The standard InChI is InChI=1S/C31H36N10O4S/c1-3-33-24-18-21-22(19-25(24)41(44)45)29(42)27-28(30(21)43)40(36(2)35-27)10-4-9-37-13-15-38(16-14-37)20-5-6-23-26(17-20)46-31(34-23)39-11-7-32-8-12-39/h5-6,17-19,32H,3-4,7-16H2,1-2H3/p+1. The number of aryl methyl sites for hydroxylation is 1. The average Bonchev–Trinajstić information content (AvgIpc) is 3.65. The summed E-state index contributed by atoms with van der Waals surface area (Å²) in [4.78, 5) is 51.8. The van der Waals surface area contributed by atoms with E-state index in [0.717, 1.165) is 76.0 Å². The molecule has 7 rings (SSSR count). The predicted molar refractivity (Wildman–Crippen MR) is 176 cm³/mol. The number of nitro groups is 1. The summed E-state index contributed by atoms with van der Waals surface area (Å²) in [7, 11) is 1.71. The lowest BCUT2D eigenvalue weighted by molar-refractivity contribution is -0.779. The Morgan fingerprint density at radius 2 is 1.78 bits per heavy atom. The van der Waals surface area contributed by atoms with E-state index in [4.69, 9.17) is 4.98 Å². The van der Waals surface area contributed by atoms with Crippen LogP contribution in [0.5, 0.6) is 0 Å². The third kappa shape index (κ3) is 5.48. The van der Waals surface area contributed by atoms with Gasteiger partial charge in [-0.15, -0.1) is 4.68 Å². The fourth-order valence-electron chi connectivity index (χ4n) is 6.61. The number of ketones is 2. The monoisotopic (exact) mass is 645 g/mol. The number of nitrogens with one attached hydrogen (secondary N) is 2. The fraction of sp³-hybridized carbons (Fsp3) is 0.452. The fourth-order valence-corrected chi connectivity index (χ4v) is 7.66. The molecule has 240 valence electrons. The van der Waals surface area contributed by atoms with Crippen LogP contribution >= 0.6 is 11.3 Å². The number of anilines is 3. The number of hydrogen-bond acceptors (Lipinski definition) is 12. The summed E-state index contributed by atoms with van der Waals surface area (Å²) in [5.41, 5.74) is 2.72. The van der Waals surface area contributed by atoms with E-state index in [1.807, 2.05) is 6.92 Å². The molecule has 2 fully saturated rings. The first-order chi connectivity index (χ1) is 22.3. The number of nitro benzene ring substituents is 1. The van der Waals surface area contributed by atoms with Crippen LogP contribution in [-0.2, 0) is 13.6 Å². The topological polar surface area (TPSA) is 146 Å². The van der Waals surface area contributed by atoms with Gasteiger partial charge >= 0.3 is 5.69 Å². The molecule has 0 bridgehead atoms. The number of aromatic nitrogens is 4. The molecule has 4 aromatic rings. The van der Waals surface area contributed by atoms with Crippen molar-refractivity contribution in [3.63, 3.8) is 0 Å². The molecule has 2 aromatic carbocycles. The van der Waals surface area contributed by atoms with Crippen molar-refractivity contribution >= 4 is 55.3 Å². The molecule has 2 N–H and O–H groups in total. The molecule has 0 spiro atoms. The van der Waals surface area contributed by atoms with E-state index in [9.17, 15) is 19.7 Å². The second kappa shape index (κ2) is 12.4. The van der Waals surface area contributed by atoms with Gasteiger partial charge in [0.2, 0.25) is 11.6 Å². The summed E-state index contributed by atoms with van der Waals surface area (Å²) in [6.07, 6.45) is 0.773. The van der Waals surface area contributed by atoms with Gasteiger partial charge in [-0.05, 0) is 42.4 Å². The van der Waals surface area contributed by atoms with Crippen LogP contribution in [0.15, 0.2) is 30.3 Å². The second-order valence-corrected chi connectivity index (χ2v) is 12.8. The molecule has 3 aliphatic rings. The van der Waals surface area contributed by atoms with E-state index in [1.165, 1.54) is 27.3 Å². The minimum absolute atomic E-state index is 0.0171. The highest BCUT2D eigenvalue weighted by Crippen LogP contribution is 2.34. The molecule has 0 saturated carbocycles. The zero-order valence-corrected chi connectivity index (χ0v) is 26.8. The zero-order valence-electron chi connectivity index (χ0n) is 26.0. The Kier molecular flexibility index (Phi) is 8.13. The number of carbonyl (C=O) groups excluding carboxylic acids is 2. The Bertz CT molecular complexity index is 1840. The summed E-state index contributed by atoms with van der Waals surface area (Å²) in [6, 6.07) is 9.20. The van der Waals surface area contributed by atoms with Gasteiger partial charge in [-0.1, -0.05) is 11.3 Å². The van der Waals surface area contributed by atoms with Gasteiger partial charge in [0, 0.05) is 88.3 Å². The molecule has 2 aliphatic heterocycles. The van der Waals surface area contributed by atoms with Crippen LogP contribution in [0, 0.1) is 10.1 Å². The molecule has 2 aromatic heterocycles. The molecular weight excluding hydrogens is 608 g/mol. The number of benzene rings is 2. The highest BCUT2D eigenvalue weighted by atomic mass is 32.1. The lowest BCUT2D eigenvalue weighted by Gasteiger charge is -2.36. The van der Waals surface area contributed by atoms with E-state index >= 15 is 0 Å². The first-order valence-electron chi connectivity index (χ1n) is 15.8. The Labute approximate surface area is 269 Å². The molecule has 0 radical (unpaired) electrons. The summed E-state index contributed by atoms with van der Waals surface area (Å²) in [6.45, 7) is 11.3. The number of nitrogens with zero attached hydrogens (tertiary/aromatic N) is 8. The quantitative estimate of drug-likeness (QED) is 0.138. The summed E-state index contributed by atoms with van der Waals surface area (Å²) in [5, 5.41) is 23.5. The van der Waals surface area contributed by atoms with Crippen molar-refractivity contribution < 1.29 is 19.2 Å². The lowest BCUT2D eigenvalue weighted by atomic mass is 9.89. The minimum Gasteiger partial charge on any atom is -0.380 e. The highest BCUT2D eigenvalue weighted by Gasteiger charge is 2.43. The molecule has 1 aliphatic carbocycles. The molecule has 46 heavy (non-hydrogen) atoms. The normalized spacial score (nSPS) is 17.0. The van der Waals surface area contributed by atoms with Crippen molar-refractivity contribution in [1.29, 1.82) is 0 Å². The van der Waals surface area contributed by atoms with Crippen LogP contribution in [0.25, 0.3) is 10.2 Å². The molecule has 0 atom stereocenters.